The third-order valence-corrected chi connectivity index (χ3v) is 4.90. The van der Waals surface area contributed by atoms with Crippen molar-refractivity contribution >= 4 is 5.97 Å². The number of ether oxygens (including phenoxy) is 1. The van der Waals surface area contributed by atoms with Crippen LogP contribution in [0.25, 0.3) is 0 Å². The van der Waals surface area contributed by atoms with Crippen LogP contribution in [-0.2, 0) is 10.2 Å². The normalized spacial score (nSPS) is 26.4. The number of pyridine rings is 1. The molecule has 1 aromatic heterocycles. The van der Waals surface area contributed by atoms with E-state index in [9.17, 15) is 9.90 Å². The molecule has 116 valence electrons. The first kappa shape index (κ1) is 16.0. The Morgan fingerprint density at radius 2 is 2.14 bits per heavy atom. The van der Waals surface area contributed by atoms with Gasteiger partial charge in [0.05, 0.1) is 13.2 Å². The second-order valence-corrected chi connectivity index (χ2v) is 6.74. The summed E-state index contributed by atoms with van der Waals surface area (Å²) in [5.74, 6) is 0.349. The van der Waals surface area contributed by atoms with Gasteiger partial charge in [0, 0.05) is 6.20 Å². The summed E-state index contributed by atoms with van der Waals surface area (Å²) in [6.07, 6.45) is 4.34. The molecule has 1 aromatic rings. The largest absolute Gasteiger partial charge is 0.464 e. The van der Waals surface area contributed by atoms with E-state index in [1.54, 1.807) is 12.3 Å². The summed E-state index contributed by atoms with van der Waals surface area (Å²) in [7, 11) is 1.36. The SMILES string of the molecule is COC(=O)c1cc(C(C)(C)[C@@H]2CC[C@@H](C)C[C@H]2O)ccn1. The molecule has 0 amide bonds. The fourth-order valence-corrected chi connectivity index (χ4v) is 3.45. The average Bonchev–Trinajstić information content (AvgIpc) is 2.46. The number of nitrogens with zero attached hydrogens (tertiary/aromatic N) is 1. The van der Waals surface area contributed by atoms with Crippen molar-refractivity contribution in [3.63, 3.8) is 0 Å². The maximum Gasteiger partial charge on any atom is 0.356 e. The number of hydrogen-bond donors (Lipinski definition) is 1. The Morgan fingerprint density at radius 3 is 2.76 bits per heavy atom. The third kappa shape index (κ3) is 3.26. The smallest absolute Gasteiger partial charge is 0.356 e. The molecule has 3 atom stereocenters. The number of aromatic nitrogens is 1. The highest BCUT2D eigenvalue weighted by Crippen LogP contribution is 2.42. The summed E-state index contributed by atoms with van der Waals surface area (Å²) in [5, 5.41) is 10.5. The van der Waals surface area contributed by atoms with Crippen molar-refractivity contribution in [3.8, 4) is 0 Å². The molecule has 1 saturated carbocycles. The van der Waals surface area contributed by atoms with Gasteiger partial charge in [-0.25, -0.2) is 9.78 Å². The molecule has 21 heavy (non-hydrogen) atoms. The van der Waals surface area contributed by atoms with Crippen molar-refractivity contribution in [2.75, 3.05) is 7.11 Å². The third-order valence-electron chi connectivity index (χ3n) is 4.90. The standard InChI is InChI=1S/C17H25NO3/c1-11-5-6-13(15(19)9-11)17(2,3)12-7-8-18-14(10-12)16(20)21-4/h7-8,10-11,13,15,19H,5-6,9H2,1-4H3/t11-,13-,15-/m1/s1. The number of rotatable bonds is 3. The van der Waals surface area contributed by atoms with Crippen LogP contribution in [0.3, 0.4) is 0 Å². The summed E-state index contributed by atoms with van der Waals surface area (Å²) >= 11 is 0. The van der Waals surface area contributed by atoms with Crippen LogP contribution in [0.5, 0.6) is 0 Å². The second-order valence-electron chi connectivity index (χ2n) is 6.74. The van der Waals surface area contributed by atoms with Crippen LogP contribution in [-0.4, -0.2) is 29.3 Å². The summed E-state index contributed by atoms with van der Waals surface area (Å²) in [5.41, 5.74) is 1.14. The van der Waals surface area contributed by atoms with Gasteiger partial charge in [0.2, 0.25) is 0 Å². The van der Waals surface area contributed by atoms with Gasteiger partial charge in [0.25, 0.3) is 0 Å². The summed E-state index contributed by atoms with van der Waals surface area (Å²) in [6.45, 7) is 6.45. The molecule has 1 N–H and O–H groups in total. The molecule has 0 aromatic carbocycles. The van der Waals surface area contributed by atoms with Crippen LogP contribution < -0.4 is 0 Å². The highest BCUT2D eigenvalue weighted by molar-refractivity contribution is 5.87. The zero-order chi connectivity index (χ0) is 15.6. The molecular weight excluding hydrogens is 266 g/mol. The van der Waals surface area contributed by atoms with Crippen LogP contribution in [0.4, 0.5) is 0 Å². The van der Waals surface area contributed by atoms with Gasteiger partial charge in [-0.1, -0.05) is 27.2 Å². The minimum Gasteiger partial charge on any atom is -0.464 e. The topological polar surface area (TPSA) is 59.4 Å². The molecule has 0 radical (unpaired) electrons. The summed E-state index contributed by atoms with van der Waals surface area (Å²) in [6, 6.07) is 3.72. The number of hydrogen-bond acceptors (Lipinski definition) is 4. The first-order chi connectivity index (χ1) is 9.86. The van der Waals surface area contributed by atoms with Crippen LogP contribution in [0.15, 0.2) is 18.3 Å². The Kier molecular flexibility index (Phi) is 4.67. The molecule has 1 fully saturated rings. The molecule has 4 nitrogen and oxygen atoms in total. The van der Waals surface area contributed by atoms with E-state index in [-0.39, 0.29) is 17.4 Å². The van der Waals surface area contributed by atoms with E-state index >= 15 is 0 Å². The van der Waals surface area contributed by atoms with Crippen molar-refractivity contribution in [2.24, 2.45) is 11.8 Å². The van der Waals surface area contributed by atoms with Gasteiger partial charge >= 0.3 is 5.97 Å². The molecular formula is C17H25NO3. The number of aliphatic hydroxyl groups excluding tert-OH is 1. The predicted molar refractivity (Wildman–Crippen MR) is 81.1 cm³/mol. The number of carbonyl (C=O) groups excluding carboxylic acids is 1. The minimum atomic E-state index is -0.425. The van der Waals surface area contributed by atoms with Crippen molar-refractivity contribution in [3.05, 3.63) is 29.6 Å². The molecule has 0 saturated heterocycles. The number of aliphatic hydroxyl groups is 1. The lowest BCUT2D eigenvalue weighted by Gasteiger charge is -2.42. The molecule has 1 aliphatic carbocycles. The summed E-state index contributed by atoms with van der Waals surface area (Å²) in [4.78, 5) is 15.7. The second kappa shape index (κ2) is 6.14. The van der Waals surface area contributed by atoms with Crippen LogP contribution in [0.1, 0.15) is 56.1 Å². The molecule has 0 bridgehead atoms. The lowest BCUT2D eigenvalue weighted by atomic mass is 9.64. The Morgan fingerprint density at radius 1 is 1.43 bits per heavy atom. The van der Waals surface area contributed by atoms with Crippen LogP contribution in [0.2, 0.25) is 0 Å². The van der Waals surface area contributed by atoms with Gasteiger partial charge in [0.15, 0.2) is 0 Å². The lowest BCUT2D eigenvalue weighted by Crippen LogP contribution is -2.41. The quantitative estimate of drug-likeness (QED) is 0.870. The van der Waals surface area contributed by atoms with Gasteiger partial charge in [-0.05, 0) is 47.8 Å². The molecule has 0 aliphatic heterocycles. The maximum atomic E-state index is 11.6. The van der Waals surface area contributed by atoms with E-state index in [0.717, 1.165) is 24.8 Å². The highest BCUT2D eigenvalue weighted by atomic mass is 16.5. The monoisotopic (exact) mass is 291 g/mol. The number of esters is 1. The first-order valence-corrected chi connectivity index (χ1v) is 7.59. The molecule has 1 heterocycles. The first-order valence-electron chi connectivity index (χ1n) is 7.59. The minimum absolute atomic E-state index is 0.196. The average molecular weight is 291 g/mol. The van der Waals surface area contributed by atoms with E-state index in [4.69, 9.17) is 4.74 Å². The number of methoxy groups -OCH3 is 1. The van der Waals surface area contributed by atoms with Gasteiger partial charge < -0.3 is 9.84 Å². The lowest BCUT2D eigenvalue weighted by molar-refractivity contribution is 0.0143. The molecule has 1 aliphatic rings. The maximum absolute atomic E-state index is 11.6. The predicted octanol–water partition coefficient (Wildman–Crippen LogP) is 2.94. The van der Waals surface area contributed by atoms with Crippen molar-refractivity contribution in [2.45, 2.75) is 51.6 Å². The van der Waals surface area contributed by atoms with E-state index in [2.05, 4.69) is 25.8 Å². The van der Waals surface area contributed by atoms with Crippen molar-refractivity contribution < 1.29 is 14.6 Å². The van der Waals surface area contributed by atoms with E-state index < -0.39 is 5.97 Å². The highest BCUT2D eigenvalue weighted by Gasteiger charge is 2.39. The Bertz CT molecular complexity index is 513. The van der Waals surface area contributed by atoms with Crippen LogP contribution >= 0.6 is 0 Å². The fourth-order valence-electron chi connectivity index (χ4n) is 3.45. The van der Waals surface area contributed by atoms with Gasteiger partial charge in [0.1, 0.15) is 5.69 Å². The van der Waals surface area contributed by atoms with Crippen LogP contribution in [0, 0.1) is 11.8 Å². The summed E-state index contributed by atoms with van der Waals surface area (Å²) < 4.78 is 4.73. The van der Waals surface area contributed by atoms with E-state index in [1.807, 2.05) is 6.07 Å². The molecule has 0 spiro atoms. The van der Waals surface area contributed by atoms with E-state index in [1.165, 1.54) is 7.11 Å². The van der Waals surface area contributed by atoms with E-state index in [0.29, 0.717) is 11.6 Å². The Hall–Kier alpha value is -1.42. The Labute approximate surface area is 126 Å². The van der Waals surface area contributed by atoms with Gasteiger partial charge in [-0.15, -0.1) is 0 Å². The van der Waals surface area contributed by atoms with Gasteiger partial charge in [-0.3, -0.25) is 0 Å². The number of carbonyl (C=O) groups is 1. The fraction of sp³-hybridized carbons (Fsp3) is 0.647. The van der Waals surface area contributed by atoms with Crippen molar-refractivity contribution in [1.82, 2.24) is 4.98 Å². The molecule has 2 rings (SSSR count). The van der Waals surface area contributed by atoms with Gasteiger partial charge in [-0.2, -0.15) is 0 Å². The Balaban J connectivity index is 2.28. The molecule has 4 heteroatoms. The molecule has 0 unspecified atom stereocenters. The van der Waals surface area contributed by atoms with Crippen molar-refractivity contribution in [1.29, 1.82) is 0 Å². The zero-order valence-corrected chi connectivity index (χ0v) is 13.3. The zero-order valence-electron chi connectivity index (χ0n) is 13.3.